The molecule has 96 valence electrons. The number of nitrogens with zero attached hydrogens (tertiary/aromatic N) is 1. The van der Waals surface area contributed by atoms with Crippen molar-refractivity contribution in [1.82, 2.24) is 0 Å². The van der Waals surface area contributed by atoms with Gasteiger partial charge in [0.15, 0.2) is 5.96 Å². The first-order chi connectivity index (χ1) is 7.54. The summed E-state index contributed by atoms with van der Waals surface area (Å²) >= 11 is 0. The van der Waals surface area contributed by atoms with Crippen molar-refractivity contribution in [1.29, 1.82) is 0 Å². The van der Waals surface area contributed by atoms with E-state index in [1.165, 1.54) is 25.7 Å². The van der Waals surface area contributed by atoms with Gasteiger partial charge in [-0.05, 0) is 19.3 Å². The van der Waals surface area contributed by atoms with Gasteiger partial charge in [-0.3, -0.25) is 4.99 Å². The fourth-order valence-corrected chi connectivity index (χ4v) is 1.84. The van der Waals surface area contributed by atoms with E-state index in [1.807, 2.05) is 0 Å². The Morgan fingerprint density at radius 3 is 1.88 bits per heavy atom. The van der Waals surface area contributed by atoms with Crippen molar-refractivity contribution in [2.75, 3.05) is 6.54 Å². The van der Waals surface area contributed by atoms with Gasteiger partial charge < -0.3 is 17.2 Å². The SMILES string of the molecule is CCCCC(N)(CCCC)CCN=C(N)N. The molecule has 0 aliphatic rings. The van der Waals surface area contributed by atoms with Gasteiger partial charge in [-0.15, -0.1) is 0 Å². The van der Waals surface area contributed by atoms with Gasteiger partial charge in [-0.2, -0.15) is 0 Å². The maximum Gasteiger partial charge on any atom is 0.185 e. The van der Waals surface area contributed by atoms with E-state index in [9.17, 15) is 0 Å². The summed E-state index contributed by atoms with van der Waals surface area (Å²) in [6.45, 7) is 5.03. The highest BCUT2D eigenvalue weighted by Crippen LogP contribution is 2.22. The average Bonchev–Trinajstić information content (AvgIpc) is 2.23. The highest BCUT2D eigenvalue weighted by molar-refractivity contribution is 5.75. The lowest BCUT2D eigenvalue weighted by atomic mass is 9.85. The first-order valence-electron chi connectivity index (χ1n) is 6.38. The molecule has 0 aromatic carbocycles. The van der Waals surface area contributed by atoms with Crippen LogP contribution in [0.3, 0.4) is 0 Å². The minimum atomic E-state index is -0.0784. The zero-order valence-electron chi connectivity index (χ0n) is 10.8. The van der Waals surface area contributed by atoms with Crippen molar-refractivity contribution >= 4 is 5.96 Å². The lowest BCUT2D eigenvalue weighted by molar-refractivity contribution is 0.325. The first-order valence-corrected chi connectivity index (χ1v) is 6.38. The second kappa shape index (κ2) is 8.39. The number of nitrogens with two attached hydrogens (primary N) is 3. The molecule has 0 unspecified atom stereocenters. The van der Waals surface area contributed by atoms with Crippen molar-refractivity contribution in [3.8, 4) is 0 Å². The van der Waals surface area contributed by atoms with Crippen LogP contribution < -0.4 is 17.2 Å². The number of rotatable bonds is 9. The van der Waals surface area contributed by atoms with Crippen LogP contribution in [0, 0.1) is 0 Å². The molecule has 0 heterocycles. The molecule has 0 fully saturated rings. The summed E-state index contributed by atoms with van der Waals surface area (Å²) in [5, 5.41) is 0. The summed E-state index contributed by atoms with van der Waals surface area (Å²) in [4.78, 5) is 4.02. The summed E-state index contributed by atoms with van der Waals surface area (Å²) in [5.74, 6) is 0.160. The Labute approximate surface area is 99.7 Å². The van der Waals surface area contributed by atoms with Crippen molar-refractivity contribution in [3.05, 3.63) is 0 Å². The molecule has 4 heteroatoms. The third kappa shape index (κ3) is 7.51. The largest absolute Gasteiger partial charge is 0.370 e. The van der Waals surface area contributed by atoms with Gasteiger partial charge in [0.25, 0.3) is 0 Å². The number of hydrogen-bond acceptors (Lipinski definition) is 2. The van der Waals surface area contributed by atoms with E-state index in [1.54, 1.807) is 0 Å². The predicted octanol–water partition coefficient (Wildman–Crippen LogP) is 1.73. The molecule has 0 rings (SSSR count). The Morgan fingerprint density at radius 2 is 1.50 bits per heavy atom. The summed E-state index contributed by atoms with van der Waals surface area (Å²) in [6, 6.07) is 0. The van der Waals surface area contributed by atoms with Gasteiger partial charge in [0.05, 0.1) is 0 Å². The Balaban J connectivity index is 4.11. The van der Waals surface area contributed by atoms with E-state index in [4.69, 9.17) is 17.2 Å². The Hall–Kier alpha value is -0.770. The summed E-state index contributed by atoms with van der Waals surface area (Å²) in [7, 11) is 0. The van der Waals surface area contributed by atoms with Gasteiger partial charge in [-0.1, -0.05) is 39.5 Å². The maximum absolute atomic E-state index is 6.41. The molecular formula is C12H28N4. The third-order valence-electron chi connectivity index (χ3n) is 2.96. The molecule has 0 aromatic heterocycles. The predicted molar refractivity (Wildman–Crippen MR) is 71.3 cm³/mol. The topological polar surface area (TPSA) is 90.4 Å². The number of aliphatic imine (C=N–C) groups is 1. The second-order valence-electron chi connectivity index (χ2n) is 4.63. The third-order valence-corrected chi connectivity index (χ3v) is 2.96. The Morgan fingerprint density at radius 1 is 1.00 bits per heavy atom. The van der Waals surface area contributed by atoms with Crippen LogP contribution in [0.25, 0.3) is 0 Å². The van der Waals surface area contributed by atoms with E-state index in [0.29, 0.717) is 6.54 Å². The van der Waals surface area contributed by atoms with Gasteiger partial charge in [-0.25, -0.2) is 0 Å². The van der Waals surface area contributed by atoms with Crippen LogP contribution in [0.15, 0.2) is 4.99 Å². The van der Waals surface area contributed by atoms with E-state index in [-0.39, 0.29) is 11.5 Å². The highest BCUT2D eigenvalue weighted by Gasteiger charge is 2.22. The highest BCUT2D eigenvalue weighted by atomic mass is 15.0. The lowest BCUT2D eigenvalue weighted by Crippen LogP contribution is -2.40. The van der Waals surface area contributed by atoms with E-state index >= 15 is 0 Å². The van der Waals surface area contributed by atoms with Crippen LogP contribution in [-0.2, 0) is 0 Å². The van der Waals surface area contributed by atoms with Crippen LogP contribution in [0.2, 0.25) is 0 Å². The summed E-state index contributed by atoms with van der Waals surface area (Å²) in [5.41, 5.74) is 16.9. The van der Waals surface area contributed by atoms with Crippen LogP contribution in [0.4, 0.5) is 0 Å². The van der Waals surface area contributed by atoms with Gasteiger partial charge in [0.1, 0.15) is 0 Å². The van der Waals surface area contributed by atoms with Crippen molar-refractivity contribution in [2.24, 2.45) is 22.2 Å². The summed E-state index contributed by atoms with van der Waals surface area (Å²) < 4.78 is 0. The molecule has 0 aliphatic carbocycles. The quantitative estimate of drug-likeness (QED) is 0.414. The van der Waals surface area contributed by atoms with Gasteiger partial charge >= 0.3 is 0 Å². The fraction of sp³-hybridized carbons (Fsp3) is 0.917. The Kier molecular flexibility index (Phi) is 7.99. The molecule has 16 heavy (non-hydrogen) atoms. The minimum Gasteiger partial charge on any atom is -0.370 e. The molecule has 6 N–H and O–H groups in total. The second-order valence-corrected chi connectivity index (χ2v) is 4.63. The Bertz CT molecular complexity index is 189. The molecule has 0 amide bonds. The van der Waals surface area contributed by atoms with Crippen molar-refractivity contribution in [3.63, 3.8) is 0 Å². The van der Waals surface area contributed by atoms with Gasteiger partial charge in [0.2, 0.25) is 0 Å². The van der Waals surface area contributed by atoms with Crippen LogP contribution in [0.1, 0.15) is 58.8 Å². The van der Waals surface area contributed by atoms with Gasteiger partial charge in [0, 0.05) is 12.1 Å². The maximum atomic E-state index is 6.41. The summed E-state index contributed by atoms with van der Waals surface area (Å²) in [6.07, 6.45) is 7.77. The monoisotopic (exact) mass is 228 g/mol. The van der Waals surface area contributed by atoms with E-state index < -0.39 is 0 Å². The number of guanidine groups is 1. The van der Waals surface area contributed by atoms with Crippen molar-refractivity contribution in [2.45, 2.75) is 64.3 Å². The first kappa shape index (κ1) is 15.2. The van der Waals surface area contributed by atoms with E-state index in [0.717, 1.165) is 19.3 Å². The zero-order chi connectivity index (χ0) is 12.4. The fourth-order valence-electron chi connectivity index (χ4n) is 1.84. The number of hydrogen-bond donors (Lipinski definition) is 3. The molecule has 0 radical (unpaired) electrons. The van der Waals surface area contributed by atoms with Crippen molar-refractivity contribution < 1.29 is 0 Å². The number of unbranched alkanes of at least 4 members (excludes halogenated alkanes) is 2. The molecule has 0 bridgehead atoms. The van der Waals surface area contributed by atoms with Crippen LogP contribution in [-0.4, -0.2) is 18.0 Å². The minimum absolute atomic E-state index is 0.0784. The average molecular weight is 228 g/mol. The van der Waals surface area contributed by atoms with Crippen LogP contribution >= 0.6 is 0 Å². The molecule has 4 nitrogen and oxygen atoms in total. The smallest absolute Gasteiger partial charge is 0.185 e. The molecule has 0 spiro atoms. The molecular weight excluding hydrogens is 200 g/mol. The lowest BCUT2D eigenvalue weighted by Gasteiger charge is -2.29. The molecule has 0 atom stereocenters. The standard InChI is InChI=1S/C12H28N4/c1-3-5-7-12(15,8-6-4-2)9-10-16-11(13)14/h3-10,15H2,1-2H3,(H4,13,14,16). The molecule has 0 aliphatic heterocycles. The zero-order valence-corrected chi connectivity index (χ0v) is 10.8. The molecule has 0 aromatic rings. The molecule has 0 saturated heterocycles. The normalized spacial score (nSPS) is 11.4. The van der Waals surface area contributed by atoms with E-state index in [2.05, 4.69) is 18.8 Å². The van der Waals surface area contributed by atoms with Crippen LogP contribution in [0.5, 0.6) is 0 Å². The molecule has 0 saturated carbocycles.